The van der Waals surface area contributed by atoms with Gasteiger partial charge < -0.3 is 14.0 Å². The molecule has 8 heteroatoms. The van der Waals surface area contributed by atoms with Crippen LogP contribution in [0.2, 0.25) is 5.02 Å². The molecule has 0 saturated carbocycles. The van der Waals surface area contributed by atoms with Gasteiger partial charge in [-0.2, -0.15) is 0 Å². The number of nitro groups is 1. The number of ether oxygens (including phenoxy) is 2. The van der Waals surface area contributed by atoms with E-state index in [0.29, 0.717) is 27.6 Å². The molecule has 0 fully saturated rings. The number of methoxy groups -OCH3 is 1. The molecule has 0 amide bonds. The molecule has 0 atom stereocenters. The third-order valence-electron chi connectivity index (χ3n) is 4.55. The highest BCUT2D eigenvalue weighted by molar-refractivity contribution is 6.30. The van der Waals surface area contributed by atoms with E-state index >= 15 is 0 Å². The zero-order valence-electron chi connectivity index (χ0n) is 16.1. The minimum atomic E-state index is -0.483. The lowest BCUT2D eigenvalue weighted by Crippen LogP contribution is -2.08. The van der Waals surface area contributed by atoms with Gasteiger partial charge in [0.15, 0.2) is 0 Å². The third kappa shape index (κ3) is 4.25. The summed E-state index contributed by atoms with van der Waals surface area (Å²) >= 11 is 6.14. The summed E-state index contributed by atoms with van der Waals surface area (Å²) in [5.41, 5.74) is 3.31. The zero-order valence-corrected chi connectivity index (χ0v) is 16.9. The Balaban J connectivity index is 1.83. The molecule has 0 bridgehead atoms. The second-order valence-electron chi connectivity index (χ2n) is 6.44. The van der Waals surface area contributed by atoms with Gasteiger partial charge in [0.05, 0.1) is 23.3 Å². The summed E-state index contributed by atoms with van der Waals surface area (Å²) in [5, 5.41) is 11.3. The summed E-state index contributed by atoms with van der Waals surface area (Å²) in [6.07, 6.45) is 0. The Morgan fingerprint density at radius 3 is 2.45 bits per heavy atom. The van der Waals surface area contributed by atoms with Crippen LogP contribution in [0.4, 0.5) is 5.69 Å². The second kappa shape index (κ2) is 8.36. The number of hydrogen-bond acceptors (Lipinski definition) is 5. The first-order chi connectivity index (χ1) is 13.8. The summed E-state index contributed by atoms with van der Waals surface area (Å²) in [7, 11) is 1.57. The molecule has 0 aliphatic rings. The lowest BCUT2D eigenvalue weighted by molar-refractivity contribution is -0.384. The molecule has 3 rings (SSSR count). The fraction of sp³-hybridized carbons (Fsp3) is 0.190. The van der Waals surface area contributed by atoms with Crippen LogP contribution in [0.5, 0.6) is 5.75 Å². The molecule has 3 aromatic rings. The standard InChI is InChI=1S/C21H19ClN2O5/c1-13-10-18(14(2)23(13)19-11-16(22)6-9-20(19)28-3)21(25)29-12-15-4-7-17(8-5-15)24(26)27/h4-11H,12H2,1-3H3. The summed E-state index contributed by atoms with van der Waals surface area (Å²) in [5.74, 6) is 0.144. The Labute approximate surface area is 172 Å². The third-order valence-corrected chi connectivity index (χ3v) is 4.79. The number of aromatic nitrogens is 1. The van der Waals surface area contributed by atoms with Crippen LogP contribution in [0.3, 0.4) is 0 Å². The average molecular weight is 415 g/mol. The minimum absolute atomic E-state index is 0.0147. The molecule has 0 spiro atoms. The van der Waals surface area contributed by atoms with E-state index in [1.807, 2.05) is 18.4 Å². The van der Waals surface area contributed by atoms with Gasteiger partial charge in [0.1, 0.15) is 12.4 Å². The number of nitrogens with zero attached hydrogens (tertiary/aromatic N) is 2. The van der Waals surface area contributed by atoms with E-state index in [2.05, 4.69) is 0 Å². The highest BCUT2D eigenvalue weighted by Gasteiger charge is 2.20. The molecule has 7 nitrogen and oxygen atoms in total. The maximum atomic E-state index is 12.6. The Morgan fingerprint density at radius 2 is 1.83 bits per heavy atom. The maximum absolute atomic E-state index is 12.6. The quantitative estimate of drug-likeness (QED) is 0.321. The van der Waals surface area contributed by atoms with Crippen molar-refractivity contribution in [2.75, 3.05) is 7.11 Å². The number of esters is 1. The van der Waals surface area contributed by atoms with Gasteiger partial charge in [-0.25, -0.2) is 4.79 Å². The van der Waals surface area contributed by atoms with Gasteiger partial charge >= 0.3 is 5.97 Å². The lowest BCUT2D eigenvalue weighted by Gasteiger charge is -2.14. The number of benzene rings is 2. The number of hydrogen-bond donors (Lipinski definition) is 0. The molecular weight excluding hydrogens is 396 g/mol. The number of carbonyl (C=O) groups excluding carboxylic acids is 1. The molecule has 0 radical (unpaired) electrons. The van der Waals surface area contributed by atoms with Crippen molar-refractivity contribution in [3.63, 3.8) is 0 Å². The topological polar surface area (TPSA) is 83.6 Å². The van der Waals surface area contributed by atoms with Gasteiger partial charge in [0.25, 0.3) is 5.69 Å². The zero-order chi connectivity index (χ0) is 21.1. The van der Waals surface area contributed by atoms with Crippen molar-refractivity contribution in [3.8, 4) is 11.4 Å². The molecular formula is C21H19ClN2O5. The van der Waals surface area contributed by atoms with Gasteiger partial charge in [-0.3, -0.25) is 10.1 Å². The van der Waals surface area contributed by atoms with Crippen LogP contribution in [0, 0.1) is 24.0 Å². The molecule has 29 heavy (non-hydrogen) atoms. The fourth-order valence-corrected chi connectivity index (χ4v) is 3.28. The fourth-order valence-electron chi connectivity index (χ4n) is 3.12. The van der Waals surface area contributed by atoms with Crippen LogP contribution < -0.4 is 4.74 Å². The molecule has 150 valence electrons. The van der Waals surface area contributed by atoms with Crippen molar-refractivity contribution in [2.24, 2.45) is 0 Å². The summed E-state index contributed by atoms with van der Waals surface area (Å²) in [6, 6.07) is 12.9. The van der Waals surface area contributed by atoms with E-state index < -0.39 is 10.9 Å². The molecule has 2 aromatic carbocycles. The first-order valence-corrected chi connectivity index (χ1v) is 9.13. The number of carbonyl (C=O) groups is 1. The monoisotopic (exact) mass is 414 g/mol. The minimum Gasteiger partial charge on any atom is -0.495 e. The van der Waals surface area contributed by atoms with Crippen molar-refractivity contribution in [1.82, 2.24) is 4.57 Å². The molecule has 1 heterocycles. The van der Waals surface area contributed by atoms with Crippen LogP contribution in [0.15, 0.2) is 48.5 Å². The van der Waals surface area contributed by atoms with E-state index in [4.69, 9.17) is 21.1 Å². The smallest absolute Gasteiger partial charge is 0.340 e. The number of rotatable bonds is 6. The van der Waals surface area contributed by atoms with Gasteiger partial charge in [-0.15, -0.1) is 0 Å². The van der Waals surface area contributed by atoms with E-state index in [1.165, 1.54) is 12.1 Å². The first kappa shape index (κ1) is 20.4. The van der Waals surface area contributed by atoms with Gasteiger partial charge in [0.2, 0.25) is 0 Å². The molecule has 1 aromatic heterocycles. The van der Waals surface area contributed by atoms with Crippen LogP contribution in [0.1, 0.15) is 27.3 Å². The molecule has 0 aliphatic carbocycles. The highest BCUT2D eigenvalue weighted by atomic mass is 35.5. The lowest BCUT2D eigenvalue weighted by atomic mass is 10.2. The normalized spacial score (nSPS) is 10.6. The van der Waals surface area contributed by atoms with Crippen LogP contribution >= 0.6 is 11.6 Å². The molecule has 0 aliphatic heterocycles. The highest BCUT2D eigenvalue weighted by Crippen LogP contribution is 2.31. The van der Waals surface area contributed by atoms with Gasteiger partial charge in [-0.05, 0) is 55.8 Å². The van der Waals surface area contributed by atoms with Crippen molar-refractivity contribution in [1.29, 1.82) is 0 Å². The Morgan fingerprint density at radius 1 is 1.14 bits per heavy atom. The van der Waals surface area contributed by atoms with Gasteiger partial charge in [0, 0.05) is 28.5 Å². The van der Waals surface area contributed by atoms with Crippen LogP contribution in [0.25, 0.3) is 5.69 Å². The summed E-state index contributed by atoms with van der Waals surface area (Å²) < 4.78 is 12.7. The predicted octanol–water partition coefficient (Wildman–Crippen LogP) is 5.02. The SMILES string of the molecule is COc1ccc(Cl)cc1-n1c(C)cc(C(=O)OCc2ccc([N+](=O)[O-])cc2)c1C. The van der Waals surface area contributed by atoms with E-state index in [1.54, 1.807) is 43.5 Å². The molecule has 0 saturated heterocycles. The number of non-ortho nitro benzene ring substituents is 1. The van der Waals surface area contributed by atoms with Crippen LogP contribution in [-0.4, -0.2) is 22.6 Å². The van der Waals surface area contributed by atoms with E-state index in [9.17, 15) is 14.9 Å². The van der Waals surface area contributed by atoms with Crippen molar-refractivity contribution >= 4 is 23.3 Å². The predicted molar refractivity (Wildman–Crippen MR) is 109 cm³/mol. The van der Waals surface area contributed by atoms with E-state index in [0.717, 1.165) is 11.4 Å². The number of aryl methyl sites for hydroxylation is 1. The number of halogens is 1. The summed E-state index contributed by atoms with van der Waals surface area (Å²) in [4.78, 5) is 22.9. The molecule has 0 N–H and O–H groups in total. The van der Waals surface area contributed by atoms with Crippen LogP contribution in [-0.2, 0) is 11.3 Å². The average Bonchev–Trinajstić information content (AvgIpc) is 3.00. The molecule has 0 unspecified atom stereocenters. The van der Waals surface area contributed by atoms with Gasteiger partial charge in [-0.1, -0.05) is 11.6 Å². The Bertz CT molecular complexity index is 1070. The maximum Gasteiger partial charge on any atom is 0.340 e. The number of nitro benzene ring substituents is 1. The first-order valence-electron chi connectivity index (χ1n) is 8.75. The van der Waals surface area contributed by atoms with E-state index in [-0.39, 0.29) is 12.3 Å². The second-order valence-corrected chi connectivity index (χ2v) is 6.87. The largest absolute Gasteiger partial charge is 0.495 e. The summed E-state index contributed by atoms with van der Waals surface area (Å²) in [6.45, 7) is 3.71. The van der Waals surface area contributed by atoms with Crippen molar-refractivity contribution in [2.45, 2.75) is 20.5 Å². The Hall–Kier alpha value is -3.32. The van der Waals surface area contributed by atoms with Crippen molar-refractivity contribution in [3.05, 3.63) is 86.2 Å². The van der Waals surface area contributed by atoms with Crippen molar-refractivity contribution < 1.29 is 19.2 Å². The Kier molecular flexibility index (Phi) is 5.89.